The first-order valence-corrected chi connectivity index (χ1v) is 10.4. The number of nitrogens with zero attached hydrogens (tertiary/aromatic N) is 3. The van der Waals surface area contributed by atoms with Gasteiger partial charge in [-0.15, -0.1) is 0 Å². The van der Waals surface area contributed by atoms with Crippen LogP contribution in [0.5, 0.6) is 0 Å². The van der Waals surface area contributed by atoms with Crippen LogP contribution in [-0.4, -0.2) is 47.9 Å². The van der Waals surface area contributed by atoms with Gasteiger partial charge in [-0.2, -0.15) is 0 Å². The van der Waals surface area contributed by atoms with Crippen LogP contribution >= 0.6 is 0 Å². The molecule has 2 aromatic carbocycles. The van der Waals surface area contributed by atoms with E-state index in [-0.39, 0.29) is 18.4 Å². The molecule has 1 fully saturated rings. The minimum Gasteiger partial charge on any atom is -0.440 e. The molecule has 0 bridgehead atoms. The Morgan fingerprint density at radius 2 is 1.81 bits per heavy atom. The van der Waals surface area contributed by atoms with Crippen LogP contribution < -0.4 is 0 Å². The summed E-state index contributed by atoms with van der Waals surface area (Å²) in [7, 11) is 3.83. The van der Waals surface area contributed by atoms with E-state index in [1.54, 1.807) is 4.90 Å². The van der Waals surface area contributed by atoms with Crippen molar-refractivity contribution in [1.82, 2.24) is 14.8 Å². The molecular formula is C24H25F2N3O2. The predicted octanol–water partition coefficient (Wildman–Crippen LogP) is 4.70. The molecule has 1 amide bonds. The number of carbonyl (C=O) groups excluding carboxylic acids is 1. The molecule has 1 heterocycles. The summed E-state index contributed by atoms with van der Waals surface area (Å²) in [5, 5.41) is 0. The molecule has 162 valence electrons. The third-order valence-corrected chi connectivity index (χ3v) is 5.29. The lowest BCUT2D eigenvalue weighted by Crippen LogP contribution is -2.36. The van der Waals surface area contributed by atoms with Gasteiger partial charge < -0.3 is 14.2 Å². The third-order valence-electron chi connectivity index (χ3n) is 5.29. The Kier molecular flexibility index (Phi) is 6.13. The minimum atomic E-state index is -0.927. The minimum absolute atomic E-state index is 0.154. The zero-order valence-electron chi connectivity index (χ0n) is 17.6. The average molecular weight is 425 g/mol. The Morgan fingerprint density at radius 3 is 2.45 bits per heavy atom. The Morgan fingerprint density at radius 1 is 1.06 bits per heavy atom. The number of halogens is 2. The highest BCUT2D eigenvalue weighted by atomic mass is 19.2. The van der Waals surface area contributed by atoms with Crippen molar-refractivity contribution in [2.45, 2.75) is 25.3 Å². The number of rotatable bonds is 8. The summed E-state index contributed by atoms with van der Waals surface area (Å²) in [6.45, 7) is 1.20. The maximum atomic E-state index is 13.7. The molecule has 0 atom stereocenters. The number of hydrogen-bond acceptors (Lipinski definition) is 4. The normalized spacial score (nSPS) is 13.6. The first-order valence-electron chi connectivity index (χ1n) is 10.4. The molecular weight excluding hydrogens is 400 g/mol. The standard InChI is InChI=1S/C24H25F2N3O2/c1-28(2)12-13-29(15-16-8-11-19(25)20(26)14-16)24(30)21-22(17-9-10-17)31-23(27-21)18-6-4-3-5-7-18/h3-8,11,14,17H,9-10,12-13,15H2,1-2H3. The second-order valence-electron chi connectivity index (χ2n) is 8.15. The Balaban J connectivity index is 1.65. The molecule has 4 rings (SSSR count). The number of amides is 1. The van der Waals surface area contributed by atoms with Crippen molar-refractivity contribution in [2.75, 3.05) is 27.2 Å². The highest BCUT2D eigenvalue weighted by molar-refractivity contribution is 5.94. The highest BCUT2D eigenvalue weighted by Crippen LogP contribution is 2.43. The highest BCUT2D eigenvalue weighted by Gasteiger charge is 2.35. The fraction of sp³-hybridized carbons (Fsp3) is 0.333. The van der Waals surface area contributed by atoms with Gasteiger partial charge in [-0.1, -0.05) is 24.3 Å². The molecule has 7 heteroatoms. The number of benzene rings is 2. The lowest BCUT2D eigenvalue weighted by Gasteiger charge is -2.24. The van der Waals surface area contributed by atoms with E-state index >= 15 is 0 Å². The van der Waals surface area contributed by atoms with Gasteiger partial charge in [-0.3, -0.25) is 4.79 Å². The molecule has 0 aliphatic heterocycles. The van der Waals surface area contributed by atoms with E-state index in [4.69, 9.17) is 4.42 Å². The third kappa shape index (κ3) is 4.99. The summed E-state index contributed by atoms with van der Waals surface area (Å²) in [5.74, 6) is -0.864. The Bertz CT molecular complexity index is 1060. The summed E-state index contributed by atoms with van der Waals surface area (Å²) in [6, 6.07) is 13.2. The van der Waals surface area contributed by atoms with Crippen molar-refractivity contribution in [3.05, 3.63) is 77.2 Å². The van der Waals surface area contributed by atoms with E-state index in [2.05, 4.69) is 4.98 Å². The summed E-state index contributed by atoms with van der Waals surface area (Å²) in [5.41, 5.74) is 1.64. The molecule has 0 radical (unpaired) electrons. The van der Waals surface area contributed by atoms with Gasteiger partial charge in [-0.05, 0) is 56.8 Å². The van der Waals surface area contributed by atoms with Crippen LogP contribution in [0.25, 0.3) is 11.5 Å². The quantitative estimate of drug-likeness (QED) is 0.525. The zero-order valence-corrected chi connectivity index (χ0v) is 17.6. The van der Waals surface area contributed by atoms with Gasteiger partial charge in [0.25, 0.3) is 5.91 Å². The van der Waals surface area contributed by atoms with Crippen LogP contribution in [0, 0.1) is 11.6 Å². The largest absolute Gasteiger partial charge is 0.440 e. The van der Waals surface area contributed by atoms with Crippen LogP contribution in [0.1, 0.15) is 40.6 Å². The lowest BCUT2D eigenvalue weighted by molar-refractivity contribution is 0.0724. The molecule has 1 aromatic heterocycles. The molecule has 0 spiro atoms. The SMILES string of the molecule is CN(C)CCN(Cc1ccc(F)c(F)c1)C(=O)c1nc(-c2ccccc2)oc1C1CC1. The molecule has 5 nitrogen and oxygen atoms in total. The van der Waals surface area contributed by atoms with Gasteiger partial charge in [0.1, 0.15) is 5.76 Å². The van der Waals surface area contributed by atoms with Gasteiger partial charge >= 0.3 is 0 Å². The second-order valence-corrected chi connectivity index (χ2v) is 8.15. The molecule has 3 aromatic rings. The molecule has 0 unspecified atom stereocenters. The monoisotopic (exact) mass is 425 g/mol. The van der Waals surface area contributed by atoms with Gasteiger partial charge in [0.05, 0.1) is 0 Å². The van der Waals surface area contributed by atoms with E-state index in [9.17, 15) is 13.6 Å². The van der Waals surface area contributed by atoms with E-state index in [1.165, 1.54) is 6.07 Å². The number of hydrogen-bond donors (Lipinski definition) is 0. The molecule has 31 heavy (non-hydrogen) atoms. The first-order chi connectivity index (χ1) is 14.9. The lowest BCUT2D eigenvalue weighted by atomic mass is 10.1. The summed E-state index contributed by atoms with van der Waals surface area (Å²) in [6.07, 6.45) is 1.93. The first kappa shape index (κ1) is 21.2. The number of oxazole rings is 1. The van der Waals surface area contributed by atoms with Crippen molar-refractivity contribution in [2.24, 2.45) is 0 Å². The van der Waals surface area contributed by atoms with Crippen molar-refractivity contribution in [3.8, 4) is 11.5 Å². The van der Waals surface area contributed by atoms with E-state index in [1.807, 2.05) is 49.3 Å². The van der Waals surface area contributed by atoms with E-state index in [0.717, 1.165) is 30.5 Å². The van der Waals surface area contributed by atoms with Gasteiger partial charge in [0, 0.05) is 31.1 Å². The molecule has 0 saturated heterocycles. The molecule has 1 aliphatic rings. The summed E-state index contributed by atoms with van der Waals surface area (Å²) in [4.78, 5) is 21.7. The fourth-order valence-corrected chi connectivity index (χ4v) is 3.39. The number of carbonyl (C=O) groups is 1. The van der Waals surface area contributed by atoms with Crippen molar-refractivity contribution < 1.29 is 18.0 Å². The van der Waals surface area contributed by atoms with Crippen molar-refractivity contribution in [3.63, 3.8) is 0 Å². The van der Waals surface area contributed by atoms with Crippen LogP contribution in [0.2, 0.25) is 0 Å². The Hall–Kier alpha value is -3.06. The molecule has 1 saturated carbocycles. The van der Waals surface area contributed by atoms with Crippen LogP contribution in [0.3, 0.4) is 0 Å². The van der Waals surface area contributed by atoms with Gasteiger partial charge in [-0.25, -0.2) is 13.8 Å². The fourth-order valence-electron chi connectivity index (χ4n) is 3.39. The van der Waals surface area contributed by atoms with Gasteiger partial charge in [0.2, 0.25) is 5.89 Å². The second kappa shape index (κ2) is 8.98. The summed E-state index contributed by atoms with van der Waals surface area (Å²) >= 11 is 0. The Labute approximate surface area is 180 Å². The van der Waals surface area contributed by atoms with Crippen LogP contribution in [0.15, 0.2) is 52.9 Å². The molecule has 1 aliphatic carbocycles. The van der Waals surface area contributed by atoms with Gasteiger partial charge in [0.15, 0.2) is 17.3 Å². The zero-order chi connectivity index (χ0) is 22.0. The maximum Gasteiger partial charge on any atom is 0.276 e. The molecule has 0 N–H and O–H groups in total. The summed E-state index contributed by atoms with van der Waals surface area (Å²) < 4.78 is 33.1. The maximum absolute atomic E-state index is 13.7. The van der Waals surface area contributed by atoms with Crippen LogP contribution in [-0.2, 0) is 6.54 Å². The van der Waals surface area contributed by atoms with E-state index in [0.29, 0.717) is 36.0 Å². The van der Waals surface area contributed by atoms with E-state index < -0.39 is 11.6 Å². The smallest absolute Gasteiger partial charge is 0.276 e. The van der Waals surface area contributed by atoms with Crippen molar-refractivity contribution >= 4 is 5.91 Å². The van der Waals surface area contributed by atoms with Crippen LogP contribution in [0.4, 0.5) is 8.78 Å². The average Bonchev–Trinajstić information content (AvgIpc) is 3.51. The topological polar surface area (TPSA) is 49.6 Å². The van der Waals surface area contributed by atoms with Crippen molar-refractivity contribution in [1.29, 1.82) is 0 Å². The number of likely N-dealkylation sites (N-methyl/N-ethyl adjacent to an activating group) is 1. The predicted molar refractivity (Wildman–Crippen MR) is 114 cm³/mol. The number of aromatic nitrogens is 1.